The van der Waals surface area contributed by atoms with E-state index in [0.29, 0.717) is 21.7 Å². The predicted molar refractivity (Wildman–Crippen MR) is 105 cm³/mol. The summed E-state index contributed by atoms with van der Waals surface area (Å²) in [7, 11) is 1.24. The third-order valence-corrected chi connectivity index (χ3v) is 4.55. The maximum Gasteiger partial charge on any atom is 0.337 e. The van der Waals surface area contributed by atoms with E-state index in [1.54, 1.807) is 49.4 Å². The number of nitrogens with one attached hydrogen (secondary N) is 1. The SMILES string of the molecule is COC(=O)c1ccc(C)c(NC(=O)CN2C(=O)C(=O)N(Cc3ccccc3)C2=O)c1. The van der Waals surface area contributed by atoms with Gasteiger partial charge in [0.05, 0.1) is 19.2 Å². The molecule has 1 N–H and O–H groups in total. The van der Waals surface area contributed by atoms with Gasteiger partial charge in [-0.1, -0.05) is 36.4 Å². The van der Waals surface area contributed by atoms with Crippen molar-refractivity contribution in [3.63, 3.8) is 0 Å². The molecule has 1 saturated heterocycles. The number of esters is 1. The van der Waals surface area contributed by atoms with Gasteiger partial charge in [0.2, 0.25) is 5.91 Å². The first kappa shape index (κ1) is 20.7. The molecule has 0 aromatic heterocycles. The van der Waals surface area contributed by atoms with Crippen LogP contribution in [0.2, 0.25) is 0 Å². The zero-order valence-corrected chi connectivity index (χ0v) is 16.4. The van der Waals surface area contributed by atoms with Crippen molar-refractivity contribution in [2.75, 3.05) is 19.0 Å². The molecule has 0 aliphatic carbocycles. The smallest absolute Gasteiger partial charge is 0.337 e. The molecular weight excluding hydrogens is 390 g/mol. The zero-order chi connectivity index (χ0) is 21.8. The van der Waals surface area contributed by atoms with Gasteiger partial charge in [0.15, 0.2) is 0 Å². The van der Waals surface area contributed by atoms with Crippen molar-refractivity contribution < 1.29 is 28.7 Å². The van der Waals surface area contributed by atoms with Crippen LogP contribution in [0.3, 0.4) is 0 Å². The molecule has 2 aromatic rings. The molecule has 2 aromatic carbocycles. The van der Waals surface area contributed by atoms with E-state index >= 15 is 0 Å². The maximum atomic E-state index is 12.5. The third-order valence-electron chi connectivity index (χ3n) is 4.55. The number of benzene rings is 2. The van der Waals surface area contributed by atoms with E-state index in [-0.39, 0.29) is 12.1 Å². The number of carbonyl (C=O) groups is 5. The molecule has 9 nitrogen and oxygen atoms in total. The number of hydrogen-bond acceptors (Lipinski definition) is 6. The van der Waals surface area contributed by atoms with Crippen molar-refractivity contribution >= 4 is 35.4 Å². The molecule has 0 saturated carbocycles. The number of nitrogens with zero attached hydrogens (tertiary/aromatic N) is 2. The second-order valence-electron chi connectivity index (χ2n) is 6.62. The summed E-state index contributed by atoms with van der Waals surface area (Å²) in [6, 6.07) is 12.5. The second kappa shape index (κ2) is 8.56. The molecule has 1 aliphatic heterocycles. The number of amides is 5. The fourth-order valence-electron chi connectivity index (χ4n) is 2.93. The van der Waals surface area contributed by atoms with Gasteiger partial charge in [-0.25, -0.2) is 14.5 Å². The molecular formula is C21H19N3O6. The fourth-order valence-corrected chi connectivity index (χ4v) is 2.93. The van der Waals surface area contributed by atoms with Crippen molar-refractivity contribution in [2.45, 2.75) is 13.5 Å². The Morgan fingerprint density at radius 3 is 2.30 bits per heavy atom. The molecule has 0 unspecified atom stereocenters. The van der Waals surface area contributed by atoms with Crippen LogP contribution in [0.5, 0.6) is 0 Å². The Hall–Kier alpha value is -4.01. The van der Waals surface area contributed by atoms with Gasteiger partial charge >= 0.3 is 23.8 Å². The number of hydrogen-bond donors (Lipinski definition) is 1. The van der Waals surface area contributed by atoms with Crippen LogP contribution >= 0.6 is 0 Å². The zero-order valence-electron chi connectivity index (χ0n) is 16.4. The molecule has 3 rings (SSSR count). The van der Waals surface area contributed by atoms with Crippen molar-refractivity contribution in [3.8, 4) is 0 Å². The minimum Gasteiger partial charge on any atom is -0.465 e. The molecule has 154 valence electrons. The predicted octanol–water partition coefficient (Wildman–Crippen LogP) is 1.71. The monoisotopic (exact) mass is 409 g/mol. The first-order valence-corrected chi connectivity index (χ1v) is 9.02. The first-order chi connectivity index (χ1) is 14.3. The Labute approximate surface area is 172 Å². The molecule has 1 fully saturated rings. The maximum absolute atomic E-state index is 12.5. The number of methoxy groups -OCH3 is 1. The average Bonchev–Trinajstić information content (AvgIpc) is 2.93. The number of urea groups is 1. The molecule has 0 radical (unpaired) electrons. The van der Waals surface area contributed by atoms with Crippen LogP contribution in [0.15, 0.2) is 48.5 Å². The Morgan fingerprint density at radius 2 is 1.63 bits per heavy atom. The largest absolute Gasteiger partial charge is 0.465 e. The van der Waals surface area contributed by atoms with Gasteiger partial charge in [0.1, 0.15) is 6.54 Å². The van der Waals surface area contributed by atoms with Gasteiger partial charge in [-0.15, -0.1) is 0 Å². The minimum absolute atomic E-state index is 0.0668. The molecule has 0 spiro atoms. The third kappa shape index (κ3) is 4.19. The summed E-state index contributed by atoms with van der Waals surface area (Å²) < 4.78 is 4.65. The van der Waals surface area contributed by atoms with Crippen LogP contribution in [-0.2, 0) is 25.7 Å². The minimum atomic E-state index is -1.06. The first-order valence-electron chi connectivity index (χ1n) is 9.02. The lowest BCUT2D eigenvalue weighted by atomic mass is 10.1. The summed E-state index contributed by atoms with van der Waals surface area (Å²) in [6.07, 6.45) is 0. The standard InChI is InChI=1S/C21H19N3O6/c1-13-8-9-15(20(28)30-2)10-16(13)22-17(25)12-24-19(27)18(26)23(21(24)29)11-14-6-4-3-5-7-14/h3-10H,11-12H2,1-2H3,(H,22,25). The average molecular weight is 409 g/mol. The van der Waals surface area contributed by atoms with Crippen LogP contribution in [0.1, 0.15) is 21.5 Å². The van der Waals surface area contributed by atoms with Crippen LogP contribution in [0.4, 0.5) is 10.5 Å². The van der Waals surface area contributed by atoms with Crippen LogP contribution in [-0.4, -0.2) is 53.2 Å². The van der Waals surface area contributed by atoms with E-state index in [0.717, 1.165) is 4.90 Å². The summed E-state index contributed by atoms with van der Waals surface area (Å²) in [5.74, 6) is -3.31. The van der Waals surface area contributed by atoms with E-state index in [2.05, 4.69) is 10.1 Å². The van der Waals surface area contributed by atoms with Gasteiger partial charge in [-0.3, -0.25) is 19.3 Å². The van der Waals surface area contributed by atoms with Crippen molar-refractivity contribution in [1.29, 1.82) is 0 Å². The summed E-state index contributed by atoms with van der Waals surface area (Å²) in [6.45, 7) is 1.02. The summed E-state index contributed by atoms with van der Waals surface area (Å²) in [5, 5.41) is 2.55. The van der Waals surface area contributed by atoms with E-state index in [9.17, 15) is 24.0 Å². The van der Waals surface area contributed by atoms with Gasteiger partial charge in [-0.2, -0.15) is 0 Å². The molecule has 9 heteroatoms. The molecule has 1 aliphatic rings. The Bertz CT molecular complexity index is 1030. The molecule has 1 heterocycles. The molecule has 30 heavy (non-hydrogen) atoms. The van der Waals surface area contributed by atoms with Crippen molar-refractivity contribution in [1.82, 2.24) is 9.80 Å². The van der Waals surface area contributed by atoms with E-state index in [1.165, 1.54) is 13.2 Å². The molecule has 0 atom stereocenters. The highest BCUT2D eigenvalue weighted by Gasteiger charge is 2.45. The number of rotatable bonds is 6. The Kier molecular flexibility index (Phi) is 5.91. The highest BCUT2D eigenvalue weighted by molar-refractivity contribution is 6.45. The highest BCUT2D eigenvalue weighted by Crippen LogP contribution is 2.19. The highest BCUT2D eigenvalue weighted by atomic mass is 16.5. The van der Waals surface area contributed by atoms with E-state index in [4.69, 9.17) is 0 Å². The Morgan fingerprint density at radius 1 is 0.967 bits per heavy atom. The number of aryl methyl sites for hydroxylation is 1. The van der Waals surface area contributed by atoms with Crippen molar-refractivity contribution in [3.05, 3.63) is 65.2 Å². The van der Waals surface area contributed by atoms with Gasteiger partial charge in [-0.05, 0) is 30.2 Å². The number of ether oxygens (including phenoxy) is 1. The summed E-state index contributed by atoms with van der Waals surface area (Å²) >= 11 is 0. The molecule has 0 bridgehead atoms. The lowest BCUT2D eigenvalue weighted by Gasteiger charge is -2.16. The van der Waals surface area contributed by atoms with Gasteiger partial charge in [0, 0.05) is 5.69 Å². The van der Waals surface area contributed by atoms with Crippen LogP contribution in [0.25, 0.3) is 0 Å². The quantitative estimate of drug-likeness (QED) is 0.442. The number of carbonyl (C=O) groups excluding carboxylic acids is 5. The Balaban J connectivity index is 1.71. The number of anilines is 1. The lowest BCUT2D eigenvalue weighted by Crippen LogP contribution is -2.39. The summed E-state index contributed by atoms with van der Waals surface area (Å²) in [5.41, 5.74) is 1.90. The van der Waals surface area contributed by atoms with Crippen molar-refractivity contribution in [2.24, 2.45) is 0 Å². The topological polar surface area (TPSA) is 113 Å². The second-order valence-corrected chi connectivity index (χ2v) is 6.62. The lowest BCUT2D eigenvalue weighted by molar-refractivity contribution is -0.143. The number of imide groups is 2. The van der Waals surface area contributed by atoms with Gasteiger partial charge in [0.25, 0.3) is 0 Å². The van der Waals surface area contributed by atoms with Crippen LogP contribution < -0.4 is 5.32 Å². The fraction of sp³-hybridized carbons (Fsp3) is 0.190. The van der Waals surface area contributed by atoms with Gasteiger partial charge < -0.3 is 10.1 Å². The molecule has 5 amide bonds. The van der Waals surface area contributed by atoms with E-state index in [1.807, 2.05) is 0 Å². The summed E-state index contributed by atoms with van der Waals surface area (Å²) in [4.78, 5) is 62.5. The van der Waals surface area contributed by atoms with E-state index < -0.39 is 36.3 Å². The normalized spacial score (nSPS) is 13.6. The van der Waals surface area contributed by atoms with Crippen LogP contribution in [0, 0.1) is 6.92 Å².